The Morgan fingerprint density at radius 2 is 2.19 bits per heavy atom. The molecule has 88 valence electrons. The number of hydrogen-bond acceptors (Lipinski definition) is 4. The second-order valence-electron chi connectivity index (χ2n) is 3.70. The molecule has 6 nitrogen and oxygen atoms in total. The van der Waals surface area contributed by atoms with E-state index in [0.717, 1.165) is 6.20 Å². The van der Waals surface area contributed by atoms with Crippen molar-refractivity contribution in [3.8, 4) is 0 Å². The van der Waals surface area contributed by atoms with E-state index in [2.05, 4.69) is 10.2 Å². The third-order valence-corrected chi connectivity index (χ3v) is 2.28. The van der Waals surface area contributed by atoms with Crippen molar-refractivity contribution in [3.05, 3.63) is 11.9 Å². The van der Waals surface area contributed by atoms with Crippen LogP contribution >= 0.6 is 0 Å². The second kappa shape index (κ2) is 3.78. The first kappa shape index (κ1) is 10.9. The van der Waals surface area contributed by atoms with Crippen LogP contribution in [-0.4, -0.2) is 56.5 Å². The monoisotopic (exact) mass is 232 g/mol. The van der Waals surface area contributed by atoms with Crippen LogP contribution in [0.4, 0.5) is 8.78 Å². The Kier molecular flexibility index (Phi) is 2.58. The van der Waals surface area contributed by atoms with Gasteiger partial charge in [0.15, 0.2) is 5.69 Å². The van der Waals surface area contributed by atoms with E-state index in [9.17, 15) is 13.6 Å². The summed E-state index contributed by atoms with van der Waals surface area (Å²) >= 11 is 0. The maximum Gasteiger partial charge on any atom is 0.358 e. The van der Waals surface area contributed by atoms with Crippen LogP contribution in [0.15, 0.2) is 6.20 Å². The van der Waals surface area contributed by atoms with Crippen LogP contribution in [0.1, 0.15) is 10.5 Å². The Morgan fingerprint density at radius 1 is 1.50 bits per heavy atom. The number of aromatic nitrogens is 3. The van der Waals surface area contributed by atoms with Gasteiger partial charge in [-0.2, -0.15) is 9.90 Å². The number of halogens is 2. The van der Waals surface area contributed by atoms with Crippen LogP contribution in [0, 0.1) is 0 Å². The van der Waals surface area contributed by atoms with Gasteiger partial charge in [-0.25, -0.2) is 13.6 Å². The third-order valence-electron chi connectivity index (χ3n) is 2.28. The predicted molar refractivity (Wildman–Crippen MR) is 48.4 cm³/mol. The summed E-state index contributed by atoms with van der Waals surface area (Å²) in [6.45, 7) is 0.201. The van der Waals surface area contributed by atoms with Gasteiger partial charge in [0.2, 0.25) is 0 Å². The van der Waals surface area contributed by atoms with E-state index in [0.29, 0.717) is 13.1 Å². The molecule has 1 aliphatic rings. The first-order valence-corrected chi connectivity index (χ1v) is 4.70. The SMILES string of the molecule is O=C(O)c1cnn(CCN2CC(F)(F)C2)n1. The molecule has 1 saturated heterocycles. The Labute approximate surface area is 89.5 Å². The summed E-state index contributed by atoms with van der Waals surface area (Å²) in [5.41, 5.74) is -0.145. The molecule has 0 radical (unpaired) electrons. The number of carboxylic acid groups (broad SMARTS) is 1. The van der Waals surface area contributed by atoms with Crippen LogP contribution in [0.5, 0.6) is 0 Å². The van der Waals surface area contributed by atoms with Gasteiger partial charge in [-0.1, -0.05) is 0 Å². The molecule has 8 heteroatoms. The maximum atomic E-state index is 12.5. The number of nitrogens with zero attached hydrogens (tertiary/aromatic N) is 4. The molecule has 16 heavy (non-hydrogen) atoms. The number of aromatic carboxylic acids is 1. The summed E-state index contributed by atoms with van der Waals surface area (Å²) in [4.78, 5) is 13.2. The zero-order valence-corrected chi connectivity index (χ0v) is 8.31. The first-order chi connectivity index (χ1) is 7.46. The van der Waals surface area contributed by atoms with Gasteiger partial charge >= 0.3 is 5.97 Å². The van der Waals surface area contributed by atoms with Gasteiger partial charge in [-0.3, -0.25) is 4.90 Å². The van der Waals surface area contributed by atoms with Crippen molar-refractivity contribution in [1.82, 2.24) is 19.9 Å². The molecule has 0 saturated carbocycles. The lowest BCUT2D eigenvalue weighted by Gasteiger charge is -2.38. The highest BCUT2D eigenvalue weighted by atomic mass is 19.3. The summed E-state index contributed by atoms with van der Waals surface area (Å²) in [6.07, 6.45) is 1.13. The van der Waals surface area contributed by atoms with E-state index in [-0.39, 0.29) is 18.8 Å². The summed E-state index contributed by atoms with van der Waals surface area (Å²) in [5, 5.41) is 16.0. The van der Waals surface area contributed by atoms with E-state index >= 15 is 0 Å². The molecule has 0 unspecified atom stereocenters. The van der Waals surface area contributed by atoms with Crippen molar-refractivity contribution in [3.63, 3.8) is 0 Å². The molecule has 0 atom stereocenters. The molecule has 1 fully saturated rings. The lowest BCUT2D eigenvalue weighted by molar-refractivity contribution is -0.131. The zero-order valence-electron chi connectivity index (χ0n) is 8.31. The topological polar surface area (TPSA) is 71.2 Å². The molecule has 0 bridgehead atoms. The molecular weight excluding hydrogens is 222 g/mol. The van der Waals surface area contributed by atoms with Crippen molar-refractivity contribution in [2.75, 3.05) is 19.6 Å². The van der Waals surface area contributed by atoms with Gasteiger partial charge in [0.25, 0.3) is 5.92 Å². The van der Waals surface area contributed by atoms with Crippen LogP contribution in [0.2, 0.25) is 0 Å². The van der Waals surface area contributed by atoms with Crippen LogP contribution < -0.4 is 0 Å². The first-order valence-electron chi connectivity index (χ1n) is 4.70. The molecule has 2 rings (SSSR count). The molecule has 0 aromatic carbocycles. The molecule has 0 aliphatic carbocycles. The van der Waals surface area contributed by atoms with E-state index < -0.39 is 11.9 Å². The van der Waals surface area contributed by atoms with Gasteiger partial charge in [0.1, 0.15) is 0 Å². The molecule has 1 N–H and O–H groups in total. The minimum absolute atomic E-state index is 0.145. The number of alkyl halides is 2. The van der Waals surface area contributed by atoms with Crippen molar-refractivity contribution in [2.24, 2.45) is 0 Å². The Hall–Kier alpha value is -1.57. The molecule has 1 aliphatic heterocycles. The zero-order chi connectivity index (χ0) is 11.8. The Balaban J connectivity index is 1.80. The van der Waals surface area contributed by atoms with Gasteiger partial charge in [-0.15, -0.1) is 5.10 Å². The van der Waals surface area contributed by atoms with E-state index in [1.807, 2.05) is 0 Å². The fourth-order valence-electron chi connectivity index (χ4n) is 1.50. The minimum atomic E-state index is -2.58. The van der Waals surface area contributed by atoms with Gasteiger partial charge in [-0.05, 0) is 0 Å². The molecule has 0 spiro atoms. The number of carbonyl (C=O) groups is 1. The van der Waals surface area contributed by atoms with Crippen molar-refractivity contribution in [1.29, 1.82) is 0 Å². The molecule has 1 aromatic rings. The molecule has 1 aromatic heterocycles. The van der Waals surface area contributed by atoms with Gasteiger partial charge in [0.05, 0.1) is 25.8 Å². The summed E-state index contributed by atoms with van der Waals surface area (Å²) in [5.74, 6) is -3.73. The largest absolute Gasteiger partial charge is 0.476 e. The normalized spacial score (nSPS) is 19.4. The van der Waals surface area contributed by atoms with Gasteiger partial charge < -0.3 is 5.11 Å². The average Bonchev–Trinajstić information content (AvgIpc) is 2.59. The number of hydrogen-bond donors (Lipinski definition) is 1. The van der Waals surface area contributed by atoms with E-state index in [1.165, 1.54) is 4.80 Å². The fraction of sp³-hybridized carbons (Fsp3) is 0.625. The molecular formula is C8H10F2N4O2. The summed E-state index contributed by atoms with van der Waals surface area (Å²) in [7, 11) is 0. The Bertz CT molecular complexity index is 398. The van der Waals surface area contributed by atoms with E-state index in [4.69, 9.17) is 5.11 Å². The highest BCUT2D eigenvalue weighted by Crippen LogP contribution is 2.25. The fourth-order valence-corrected chi connectivity index (χ4v) is 1.50. The lowest BCUT2D eigenvalue weighted by atomic mass is 10.1. The summed E-state index contributed by atoms with van der Waals surface area (Å²) < 4.78 is 24.9. The maximum absolute atomic E-state index is 12.5. The summed E-state index contributed by atoms with van der Waals surface area (Å²) in [6, 6.07) is 0. The molecule has 2 heterocycles. The van der Waals surface area contributed by atoms with Crippen molar-refractivity contribution < 1.29 is 18.7 Å². The standard InChI is InChI=1S/C8H10F2N4O2/c9-8(10)4-13(5-8)1-2-14-11-3-6(12-14)7(15)16/h3H,1-2,4-5H2,(H,15,16). The number of rotatable bonds is 4. The predicted octanol–water partition coefficient (Wildman–Crippen LogP) is -0.0728. The highest BCUT2D eigenvalue weighted by molar-refractivity contribution is 5.84. The lowest BCUT2D eigenvalue weighted by Crippen LogP contribution is -2.56. The Morgan fingerprint density at radius 3 is 2.69 bits per heavy atom. The van der Waals surface area contributed by atoms with Crippen LogP contribution in [0.25, 0.3) is 0 Å². The third kappa shape index (κ3) is 2.32. The molecule has 0 amide bonds. The second-order valence-corrected chi connectivity index (χ2v) is 3.70. The highest BCUT2D eigenvalue weighted by Gasteiger charge is 2.43. The number of likely N-dealkylation sites (tertiary alicyclic amines) is 1. The number of carboxylic acids is 1. The quantitative estimate of drug-likeness (QED) is 0.786. The van der Waals surface area contributed by atoms with E-state index in [1.54, 1.807) is 4.90 Å². The van der Waals surface area contributed by atoms with Crippen LogP contribution in [0.3, 0.4) is 0 Å². The smallest absolute Gasteiger partial charge is 0.358 e. The van der Waals surface area contributed by atoms with Crippen LogP contribution in [-0.2, 0) is 6.54 Å². The van der Waals surface area contributed by atoms with Crippen molar-refractivity contribution >= 4 is 5.97 Å². The van der Waals surface area contributed by atoms with Crippen molar-refractivity contribution in [2.45, 2.75) is 12.5 Å². The minimum Gasteiger partial charge on any atom is -0.476 e. The average molecular weight is 232 g/mol. The van der Waals surface area contributed by atoms with Gasteiger partial charge in [0, 0.05) is 6.54 Å².